The zero-order valence-electron chi connectivity index (χ0n) is 13.5. The molecule has 2 rings (SSSR count). The Morgan fingerprint density at radius 2 is 1.83 bits per heavy atom. The lowest BCUT2D eigenvalue weighted by molar-refractivity contribution is 0.0937. The van der Waals surface area contributed by atoms with E-state index >= 15 is 0 Å². The van der Waals surface area contributed by atoms with Crippen LogP contribution in [0.4, 0.5) is 0 Å². The quantitative estimate of drug-likeness (QED) is 0.858. The van der Waals surface area contributed by atoms with Crippen LogP contribution in [0, 0.1) is 0 Å². The van der Waals surface area contributed by atoms with Gasteiger partial charge in [-0.05, 0) is 43.7 Å². The molecule has 2 N–H and O–H groups in total. The highest BCUT2D eigenvalue weighted by atomic mass is 16.5. The Labute approximate surface area is 135 Å². The summed E-state index contributed by atoms with van der Waals surface area (Å²) in [7, 11) is 1.50. The fraction of sp³-hybridized carbons (Fsp3) is 0.278. The lowest BCUT2D eigenvalue weighted by atomic mass is 10.1. The Bertz CT molecular complexity index is 667. The lowest BCUT2D eigenvalue weighted by Crippen LogP contribution is -2.26. The van der Waals surface area contributed by atoms with E-state index in [1.54, 1.807) is 6.07 Å². The number of benzene rings is 2. The molecule has 5 nitrogen and oxygen atoms in total. The molecule has 2 aromatic rings. The van der Waals surface area contributed by atoms with Crippen molar-refractivity contribution in [2.24, 2.45) is 0 Å². The first kappa shape index (κ1) is 16.7. The zero-order chi connectivity index (χ0) is 16.8. The van der Waals surface area contributed by atoms with E-state index in [1.165, 1.54) is 19.2 Å². The van der Waals surface area contributed by atoms with Gasteiger partial charge in [0.15, 0.2) is 0 Å². The molecule has 23 heavy (non-hydrogen) atoms. The molecule has 5 heteroatoms. The van der Waals surface area contributed by atoms with Crippen LogP contribution in [0.3, 0.4) is 0 Å². The molecular weight excluding hydrogens is 294 g/mol. The second kappa shape index (κ2) is 7.54. The number of hydrogen-bond donors (Lipinski definition) is 2. The lowest BCUT2D eigenvalue weighted by Gasteiger charge is -2.15. The minimum atomic E-state index is -0.341. The second-order valence-corrected chi connectivity index (χ2v) is 5.08. The fourth-order valence-corrected chi connectivity index (χ4v) is 2.21. The van der Waals surface area contributed by atoms with Gasteiger partial charge in [0.05, 0.1) is 25.3 Å². The number of carbonyl (C=O) groups is 1. The maximum Gasteiger partial charge on any atom is 0.255 e. The molecule has 1 amide bonds. The number of amides is 1. The van der Waals surface area contributed by atoms with Crippen molar-refractivity contribution in [3.05, 3.63) is 53.6 Å². The number of rotatable bonds is 6. The number of phenols is 1. The summed E-state index contributed by atoms with van der Waals surface area (Å²) in [5.41, 5.74) is 1.17. The molecule has 2 aromatic carbocycles. The molecule has 122 valence electrons. The number of carbonyl (C=O) groups excluding carboxylic acids is 1. The van der Waals surface area contributed by atoms with Gasteiger partial charge >= 0.3 is 0 Å². The first-order valence-electron chi connectivity index (χ1n) is 7.45. The molecule has 0 bridgehead atoms. The molecule has 0 unspecified atom stereocenters. The molecule has 0 saturated carbocycles. The summed E-state index contributed by atoms with van der Waals surface area (Å²) in [6, 6.07) is 11.9. The minimum Gasteiger partial charge on any atom is -0.507 e. The van der Waals surface area contributed by atoms with Crippen LogP contribution < -0.4 is 14.8 Å². The maximum absolute atomic E-state index is 12.3. The van der Waals surface area contributed by atoms with Crippen LogP contribution in [0.2, 0.25) is 0 Å². The van der Waals surface area contributed by atoms with Gasteiger partial charge in [-0.25, -0.2) is 0 Å². The van der Waals surface area contributed by atoms with Gasteiger partial charge in [-0.1, -0.05) is 12.1 Å². The van der Waals surface area contributed by atoms with E-state index in [2.05, 4.69) is 5.32 Å². The van der Waals surface area contributed by atoms with Crippen molar-refractivity contribution in [1.29, 1.82) is 0 Å². The first-order valence-corrected chi connectivity index (χ1v) is 7.45. The fourth-order valence-electron chi connectivity index (χ4n) is 2.21. The number of phenolic OH excluding ortho intramolecular Hbond substituents is 1. The summed E-state index contributed by atoms with van der Waals surface area (Å²) in [5.74, 6) is 0.841. The number of ether oxygens (including phenoxy) is 2. The van der Waals surface area contributed by atoms with E-state index in [4.69, 9.17) is 9.47 Å². The predicted octanol–water partition coefficient (Wildman–Crippen LogP) is 3.29. The van der Waals surface area contributed by atoms with Gasteiger partial charge in [-0.3, -0.25) is 4.79 Å². The van der Waals surface area contributed by atoms with Crippen LogP contribution in [0.15, 0.2) is 42.5 Å². The van der Waals surface area contributed by atoms with Crippen molar-refractivity contribution >= 4 is 5.91 Å². The topological polar surface area (TPSA) is 67.8 Å². The van der Waals surface area contributed by atoms with E-state index in [0.717, 1.165) is 11.3 Å². The van der Waals surface area contributed by atoms with Gasteiger partial charge in [0.1, 0.15) is 17.2 Å². The standard InChI is InChI=1S/C18H21NO4/c1-4-23-14-7-5-13(6-8-14)12(2)19-18(21)16-10-9-15(22-3)11-17(16)20/h5-12,20H,4H2,1-3H3,(H,19,21)/t12-/m1/s1. The van der Waals surface area contributed by atoms with Gasteiger partial charge in [0, 0.05) is 6.07 Å². The molecule has 0 fully saturated rings. The summed E-state index contributed by atoms with van der Waals surface area (Å²) < 4.78 is 10.4. The highest BCUT2D eigenvalue weighted by Gasteiger charge is 2.15. The zero-order valence-corrected chi connectivity index (χ0v) is 13.5. The number of methoxy groups -OCH3 is 1. The van der Waals surface area contributed by atoms with Crippen LogP contribution in [0.5, 0.6) is 17.2 Å². The molecule has 1 atom stereocenters. The van der Waals surface area contributed by atoms with E-state index in [-0.39, 0.29) is 23.3 Å². The average molecular weight is 315 g/mol. The molecular formula is C18H21NO4. The van der Waals surface area contributed by atoms with Crippen molar-refractivity contribution in [1.82, 2.24) is 5.32 Å². The third kappa shape index (κ3) is 4.16. The summed E-state index contributed by atoms with van der Waals surface area (Å²) >= 11 is 0. The molecule has 0 spiro atoms. The Morgan fingerprint density at radius 1 is 1.17 bits per heavy atom. The number of hydrogen-bond acceptors (Lipinski definition) is 4. The van der Waals surface area contributed by atoms with Gasteiger partial charge in [0.25, 0.3) is 5.91 Å². The van der Waals surface area contributed by atoms with Crippen molar-refractivity contribution in [3.63, 3.8) is 0 Å². The molecule has 0 saturated heterocycles. The third-order valence-electron chi connectivity index (χ3n) is 3.49. The van der Waals surface area contributed by atoms with Crippen LogP contribution in [-0.4, -0.2) is 24.7 Å². The minimum absolute atomic E-state index is 0.110. The first-order chi connectivity index (χ1) is 11.0. The van der Waals surface area contributed by atoms with E-state index in [0.29, 0.717) is 12.4 Å². The van der Waals surface area contributed by atoms with E-state index in [9.17, 15) is 9.90 Å². The van der Waals surface area contributed by atoms with Gasteiger partial charge in [-0.15, -0.1) is 0 Å². The Kier molecular flexibility index (Phi) is 5.46. The largest absolute Gasteiger partial charge is 0.507 e. The molecule has 0 aliphatic carbocycles. The van der Waals surface area contributed by atoms with Crippen molar-refractivity contribution in [2.75, 3.05) is 13.7 Å². The maximum atomic E-state index is 12.3. The molecule has 0 radical (unpaired) electrons. The summed E-state index contributed by atoms with van der Waals surface area (Å²) in [6.45, 7) is 4.43. The molecule has 0 aromatic heterocycles. The van der Waals surface area contributed by atoms with Gasteiger partial charge in [-0.2, -0.15) is 0 Å². The summed E-state index contributed by atoms with van der Waals surface area (Å²) in [6.07, 6.45) is 0. The summed E-state index contributed by atoms with van der Waals surface area (Å²) in [5, 5.41) is 12.8. The van der Waals surface area contributed by atoms with Crippen molar-refractivity contribution in [3.8, 4) is 17.2 Å². The van der Waals surface area contributed by atoms with Crippen LogP contribution >= 0.6 is 0 Å². The predicted molar refractivity (Wildman–Crippen MR) is 88.2 cm³/mol. The second-order valence-electron chi connectivity index (χ2n) is 5.08. The highest BCUT2D eigenvalue weighted by molar-refractivity contribution is 5.97. The van der Waals surface area contributed by atoms with E-state index in [1.807, 2.05) is 38.1 Å². The normalized spacial score (nSPS) is 11.6. The molecule has 0 heterocycles. The Balaban J connectivity index is 2.07. The molecule has 0 aliphatic rings. The van der Waals surface area contributed by atoms with Crippen molar-refractivity contribution < 1.29 is 19.4 Å². The van der Waals surface area contributed by atoms with Crippen LogP contribution in [0.1, 0.15) is 35.8 Å². The Morgan fingerprint density at radius 3 is 2.39 bits per heavy atom. The third-order valence-corrected chi connectivity index (χ3v) is 3.49. The monoisotopic (exact) mass is 315 g/mol. The highest BCUT2D eigenvalue weighted by Crippen LogP contribution is 2.24. The molecule has 0 aliphatic heterocycles. The summed E-state index contributed by atoms with van der Waals surface area (Å²) in [4.78, 5) is 12.3. The van der Waals surface area contributed by atoms with E-state index < -0.39 is 0 Å². The average Bonchev–Trinajstić information content (AvgIpc) is 2.55. The van der Waals surface area contributed by atoms with Gasteiger partial charge in [0.2, 0.25) is 0 Å². The number of nitrogens with one attached hydrogen (secondary N) is 1. The Hall–Kier alpha value is -2.69. The van der Waals surface area contributed by atoms with Crippen LogP contribution in [0.25, 0.3) is 0 Å². The SMILES string of the molecule is CCOc1ccc([C@@H](C)NC(=O)c2ccc(OC)cc2O)cc1. The van der Waals surface area contributed by atoms with Crippen LogP contribution in [-0.2, 0) is 0 Å². The smallest absolute Gasteiger partial charge is 0.255 e. The van der Waals surface area contributed by atoms with Gasteiger partial charge < -0.3 is 19.9 Å². The number of aromatic hydroxyl groups is 1. The van der Waals surface area contributed by atoms with Crippen molar-refractivity contribution in [2.45, 2.75) is 19.9 Å².